The number of aryl methyl sites for hydroxylation is 1. The summed E-state index contributed by atoms with van der Waals surface area (Å²) in [5.74, 6) is 0. The third-order valence-corrected chi connectivity index (χ3v) is 3.72. The topological polar surface area (TPSA) is 38.0 Å². The normalized spacial score (nSPS) is 11.6. The predicted octanol–water partition coefficient (Wildman–Crippen LogP) is 3.64. The zero-order valence-electron chi connectivity index (χ0n) is 12.6. The standard InChI is InChI=1S/C18H24N2/c1-14-7-4-5-10-17(14)18(2,3)13-20-12-15-8-6-9-16(19)11-15/h4-11,20H,12-13,19H2,1-3H3. The second kappa shape index (κ2) is 6.10. The van der Waals surface area contributed by atoms with Crippen molar-refractivity contribution >= 4 is 5.69 Å². The van der Waals surface area contributed by atoms with Gasteiger partial charge in [-0.3, -0.25) is 0 Å². The largest absolute Gasteiger partial charge is 0.399 e. The van der Waals surface area contributed by atoms with Gasteiger partial charge in [0.15, 0.2) is 0 Å². The van der Waals surface area contributed by atoms with Crippen LogP contribution in [0.3, 0.4) is 0 Å². The highest BCUT2D eigenvalue weighted by Crippen LogP contribution is 2.25. The van der Waals surface area contributed by atoms with Crippen LogP contribution in [0.25, 0.3) is 0 Å². The second-order valence-corrected chi connectivity index (χ2v) is 6.05. The summed E-state index contributed by atoms with van der Waals surface area (Å²) in [5, 5.41) is 3.54. The third kappa shape index (κ3) is 3.61. The maximum Gasteiger partial charge on any atom is 0.0317 e. The highest BCUT2D eigenvalue weighted by atomic mass is 14.9. The molecule has 0 aliphatic rings. The van der Waals surface area contributed by atoms with E-state index in [1.165, 1.54) is 16.7 Å². The van der Waals surface area contributed by atoms with Crippen LogP contribution >= 0.6 is 0 Å². The van der Waals surface area contributed by atoms with Gasteiger partial charge >= 0.3 is 0 Å². The number of hydrogen-bond donors (Lipinski definition) is 2. The number of benzene rings is 2. The van der Waals surface area contributed by atoms with Crippen LogP contribution in [0, 0.1) is 6.92 Å². The molecule has 2 rings (SSSR count). The Morgan fingerprint density at radius 2 is 1.80 bits per heavy atom. The average Bonchev–Trinajstić information content (AvgIpc) is 2.39. The van der Waals surface area contributed by atoms with Crippen molar-refractivity contribution in [2.75, 3.05) is 12.3 Å². The summed E-state index contributed by atoms with van der Waals surface area (Å²) in [7, 11) is 0. The molecule has 3 N–H and O–H groups in total. The number of nitrogen functional groups attached to an aromatic ring is 1. The van der Waals surface area contributed by atoms with Crippen molar-refractivity contribution in [2.24, 2.45) is 0 Å². The van der Waals surface area contributed by atoms with Gasteiger partial charge in [-0.25, -0.2) is 0 Å². The van der Waals surface area contributed by atoms with Crippen LogP contribution in [0.2, 0.25) is 0 Å². The van der Waals surface area contributed by atoms with E-state index in [0.717, 1.165) is 18.8 Å². The predicted molar refractivity (Wildman–Crippen MR) is 86.8 cm³/mol. The van der Waals surface area contributed by atoms with Crippen molar-refractivity contribution in [3.05, 3.63) is 65.2 Å². The van der Waals surface area contributed by atoms with Crippen molar-refractivity contribution in [1.82, 2.24) is 5.32 Å². The fourth-order valence-corrected chi connectivity index (χ4v) is 2.65. The Labute approximate surface area is 122 Å². The molecule has 106 valence electrons. The molecule has 2 aromatic rings. The lowest BCUT2D eigenvalue weighted by atomic mass is 9.82. The molecule has 0 fully saturated rings. The van der Waals surface area contributed by atoms with Crippen LogP contribution in [-0.2, 0) is 12.0 Å². The number of anilines is 1. The molecule has 0 atom stereocenters. The van der Waals surface area contributed by atoms with Gasteiger partial charge in [0.2, 0.25) is 0 Å². The number of rotatable bonds is 5. The molecule has 0 aliphatic heterocycles. The van der Waals surface area contributed by atoms with Crippen LogP contribution in [0.5, 0.6) is 0 Å². The Bertz CT molecular complexity index is 573. The SMILES string of the molecule is Cc1ccccc1C(C)(C)CNCc1cccc(N)c1. The fourth-order valence-electron chi connectivity index (χ4n) is 2.65. The lowest BCUT2D eigenvalue weighted by molar-refractivity contribution is 0.467. The smallest absolute Gasteiger partial charge is 0.0317 e. The van der Waals surface area contributed by atoms with Gasteiger partial charge in [0.05, 0.1) is 0 Å². The molecule has 0 saturated heterocycles. The Kier molecular flexibility index (Phi) is 4.46. The first kappa shape index (κ1) is 14.6. The van der Waals surface area contributed by atoms with Gasteiger partial charge in [-0.1, -0.05) is 50.2 Å². The molecule has 20 heavy (non-hydrogen) atoms. The van der Waals surface area contributed by atoms with E-state index in [0.29, 0.717) is 0 Å². The van der Waals surface area contributed by atoms with Crippen LogP contribution in [0.15, 0.2) is 48.5 Å². The highest BCUT2D eigenvalue weighted by Gasteiger charge is 2.21. The summed E-state index contributed by atoms with van der Waals surface area (Å²) >= 11 is 0. The molecular formula is C18H24N2. The highest BCUT2D eigenvalue weighted by molar-refractivity contribution is 5.40. The van der Waals surface area contributed by atoms with Crippen molar-refractivity contribution in [3.63, 3.8) is 0 Å². The molecule has 0 aliphatic carbocycles. The molecule has 2 aromatic carbocycles. The van der Waals surface area contributed by atoms with Crippen molar-refractivity contribution in [1.29, 1.82) is 0 Å². The second-order valence-electron chi connectivity index (χ2n) is 6.05. The quantitative estimate of drug-likeness (QED) is 0.812. The summed E-state index contributed by atoms with van der Waals surface area (Å²) < 4.78 is 0. The van der Waals surface area contributed by atoms with Gasteiger partial charge in [-0.05, 0) is 35.7 Å². The molecular weight excluding hydrogens is 244 g/mol. The molecule has 0 heterocycles. The monoisotopic (exact) mass is 268 g/mol. The average molecular weight is 268 g/mol. The Balaban J connectivity index is 1.98. The fraction of sp³-hybridized carbons (Fsp3) is 0.333. The van der Waals surface area contributed by atoms with Crippen LogP contribution < -0.4 is 11.1 Å². The maximum absolute atomic E-state index is 5.80. The minimum Gasteiger partial charge on any atom is -0.399 e. The van der Waals surface area contributed by atoms with E-state index in [1.807, 2.05) is 18.2 Å². The molecule has 2 nitrogen and oxygen atoms in total. The van der Waals surface area contributed by atoms with E-state index >= 15 is 0 Å². The number of nitrogens with one attached hydrogen (secondary N) is 1. The first-order chi connectivity index (χ1) is 9.49. The van der Waals surface area contributed by atoms with E-state index < -0.39 is 0 Å². The Morgan fingerprint density at radius 3 is 2.50 bits per heavy atom. The van der Waals surface area contributed by atoms with Gasteiger partial charge < -0.3 is 11.1 Å². The molecule has 2 heteroatoms. The molecule has 0 amide bonds. The van der Waals surface area contributed by atoms with Gasteiger partial charge in [-0.15, -0.1) is 0 Å². The van der Waals surface area contributed by atoms with Gasteiger partial charge in [0.1, 0.15) is 0 Å². The molecule has 0 aromatic heterocycles. The van der Waals surface area contributed by atoms with Crippen molar-refractivity contribution in [2.45, 2.75) is 32.7 Å². The molecule has 0 spiro atoms. The van der Waals surface area contributed by atoms with Crippen LogP contribution in [0.4, 0.5) is 5.69 Å². The van der Waals surface area contributed by atoms with E-state index in [-0.39, 0.29) is 5.41 Å². The van der Waals surface area contributed by atoms with Gasteiger partial charge in [0.25, 0.3) is 0 Å². The Hall–Kier alpha value is -1.80. The number of nitrogens with two attached hydrogens (primary N) is 1. The lowest BCUT2D eigenvalue weighted by Crippen LogP contribution is -2.33. The zero-order valence-corrected chi connectivity index (χ0v) is 12.6. The molecule has 0 bridgehead atoms. The first-order valence-electron chi connectivity index (χ1n) is 7.10. The van der Waals surface area contributed by atoms with E-state index in [2.05, 4.69) is 56.4 Å². The molecule has 0 saturated carbocycles. The summed E-state index contributed by atoms with van der Waals surface area (Å²) in [6.45, 7) is 8.52. The summed E-state index contributed by atoms with van der Waals surface area (Å²) in [6.07, 6.45) is 0. The van der Waals surface area contributed by atoms with Gasteiger partial charge in [0, 0.05) is 24.2 Å². The lowest BCUT2D eigenvalue weighted by Gasteiger charge is -2.27. The van der Waals surface area contributed by atoms with Gasteiger partial charge in [-0.2, -0.15) is 0 Å². The summed E-state index contributed by atoms with van der Waals surface area (Å²) in [5.41, 5.74) is 10.7. The van der Waals surface area contributed by atoms with Crippen LogP contribution in [0.1, 0.15) is 30.5 Å². The van der Waals surface area contributed by atoms with E-state index in [4.69, 9.17) is 5.73 Å². The van der Waals surface area contributed by atoms with Crippen LogP contribution in [-0.4, -0.2) is 6.54 Å². The summed E-state index contributed by atoms with van der Waals surface area (Å²) in [4.78, 5) is 0. The molecule has 0 unspecified atom stereocenters. The molecule has 0 radical (unpaired) electrons. The van der Waals surface area contributed by atoms with E-state index in [1.54, 1.807) is 0 Å². The van der Waals surface area contributed by atoms with Crippen molar-refractivity contribution in [3.8, 4) is 0 Å². The first-order valence-corrected chi connectivity index (χ1v) is 7.10. The maximum atomic E-state index is 5.80. The number of hydrogen-bond acceptors (Lipinski definition) is 2. The minimum absolute atomic E-state index is 0.117. The summed E-state index contributed by atoms with van der Waals surface area (Å²) in [6, 6.07) is 16.6. The Morgan fingerprint density at radius 1 is 1.05 bits per heavy atom. The minimum atomic E-state index is 0.117. The zero-order chi connectivity index (χ0) is 14.6. The van der Waals surface area contributed by atoms with E-state index in [9.17, 15) is 0 Å². The van der Waals surface area contributed by atoms with Crippen molar-refractivity contribution < 1.29 is 0 Å². The third-order valence-electron chi connectivity index (χ3n) is 3.72.